The summed E-state index contributed by atoms with van der Waals surface area (Å²) in [5, 5.41) is 0. The van der Waals surface area contributed by atoms with Crippen LogP contribution in [0.2, 0.25) is 19.6 Å². The molecule has 1 heterocycles. The number of alkyl halides is 1. The van der Waals surface area contributed by atoms with Gasteiger partial charge in [-0.2, -0.15) is 0 Å². The summed E-state index contributed by atoms with van der Waals surface area (Å²) in [5.41, 5.74) is 4.51. The fourth-order valence-electron chi connectivity index (χ4n) is 1.57. The zero-order valence-electron chi connectivity index (χ0n) is 10.1. The van der Waals surface area contributed by atoms with Crippen LogP contribution in [-0.4, -0.2) is 24.5 Å². The van der Waals surface area contributed by atoms with Gasteiger partial charge in [0.05, 0.1) is 0 Å². The SMILES string of the molecule is C[Si](C)(C)C#CC1=CN(C2CC2)C(Cl)C=C1. The van der Waals surface area contributed by atoms with E-state index in [1.165, 1.54) is 12.8 Å². The average molecular weight is 252 g/mol. The van der Waals surface area contributed by atoms with Gasteiger partial charge >= 0.3 is 0 Å². The number of nitrogens with zero attached hydrogens (tertiary/aromatic N) is 1. The molecule has 1 aliphatic carbocycles. The summed E-state index contributed by atoms with van der Waals surface area (Å²) in [7, 11) is -1.28. The molecule has 0 N–H and O–H groups in total. The van der Waals surface area contributed by atoms with Crippen LogP contribution in [0.4, 0.5) is 0 Å². The van der Waals surface area contributed by atoms with Crippen molar-refractivity contribution in [2.75, 3.05) is 0 Å². The normalized spacial score (nSPS) is 24.9. The van der Waals surface area contributed by atoms with E-state index >= 15 is 0 Å². The molecule has 1 nitrogen and oxygen atoms in total. The molecule has 0 saturated heterocycles. The summed E-state index contributed by atoms with van der Waals surface area (Å²) in [5.74, 6) is 3.28. The van der Waals surface area contributed by atoms with Gasteiger partial charge in [-0.05, 0) is 25.0 Å². The Labute approximate surface area is 104 Å². The van der Waals surface area contributed by atoms with E-state index in [1.54, 1.807) is 0 Å². The maximum absolute atomic E-state index is 6.23. The third-order valence-corrected chi connectivity index (χ3v) is 3.80. The van der Waals surface area contributed by atoms with E-state index in [0.29, 0.717) is 6.04 Å². The molecule has 1 atom stereocenters. The monoisotopic (exact) mass is 251 g/mol. The number of hydrogen-bond acceptors (Lipinski definition) is 1. The summed E-state index contributed by atoms with van der Waals surface area (Å²) in [6, 6.07) is 0.649. The summed E-state index contributed by atoms with van der Waals surface area (Å²) in [6.07, 6.45) is 8.74. The molecule has 0 aromatic heterocycles. The van der Waals surface area contributed by atoms with Crippen molar-refractivity contribution < 1.29 is 0 Å². The second kappa shape index (κ2) is 4.31. The van der Waals surface area contributed by atoms with Crippen LogP contribution in [0.15, 0.2) is 23.9 Å². The fraction of sp³-hybridized carbons (Fsp3) is 0.538. The largest absolute Gasteiger partial charge is 0.354 e. The summed E-state index contributed by atoms with van der Waals surface area (Å²) in [6.45, 7) is 6.78. The standard InChI is InChI=1S/C13H18ClNSi/c1-16(2,3)9-8-11-4-7-13(14)15(10-11)12-5-6-12/h4,7,10,12-13H,5-6H2,1-3H3. The highest BCUT2D eigenvalue weighted by atomic mass is 35.5. The van der Waals surface area contributed by atoms with Crippen molar-refractivity contribution in [1.82, 2.24) is 4.90 Å². The maximum Gasteiger partial charge on any atom is 0.129 e. The number of allylic oxidation sites excluding steroid dienone is 2. The minimum atomic E-state index is -1.28. The Morgan fingerprint density at radius 3 is 2.62 bits per heavy atom. The van der Waals surface area contributed by atoms with Crippen molar-refractivity contribution in [3.63, 3.8) is 0 Å². The van der Waals surface area contributed by atoms with E-state index in [1.807, 2.05) is 12.2 Å². The molecule has 0 radical (unpaired) electrons. The van der Waals surface area contributed by atoms with Crippen molar-refractivity contribution in [1.29, 1.82) is 0 Å². The Hall–Kier alpha value is -0.653. The third kappa shape index (κ3) is 3.17. The molecule has 0 spiro atoms. The lowest BCUT2D eigenvalue weighted by Gasteiger charge is -2.26. The Balaban J connectivity index is 2.12. The average Bonchev–Trinajstić information content (AvgIpc) is 2.99. The van der Waals surface area contributed by atoms with Gasteiger partial charge in [-0.1, -0.05) is 37.2 Å². The number of hydrogen-bond donors (Lipinski definition) is 0. The zero-order chi connectivity index (χ0) is 11.8. The summed E-state index contributed by atoms with van der Waals surface area (Å²) >= 11 is 6.23. The van der Waals surface area contributed by atoms with Gasteiger partial charge in [0.15, 0.2) is 0 Å². The maximum atomic E-state index is 6.23. The second-order valence-electron chi connectivity index (χ2n) is 5.49. The Bertz CT molecular complexity index is 390. The zero-order valence-corrected chi connectivity index (χ0v) is 11.9. The quantitative estimate of drug-likeness (QED) is 0.299. The van der Waals surface area contributed by atoms with Crippen LogP contribution in [0.5, 0.6) is 0 Å². The van der Waals surface area contributed by atoms with Gasteiger partial charge in [0, 0.05) is 17.8 Å². The summed E-state index contributed by atoms with van der Waals surface area (Å²) < 4.78 is 0. The topological polar surface area (TPSA) is 3.24 Å². The van der Waals surface area contributed by atoms with Crippen LogP contribution in [0, 0.1) is 11.5 Å². The van der Waals surface area contributed by atoms with Gasteiger partial charge in [-0.3, -0.25) is 0 Å². The molecule has 1 aliphatic heterocycles. The molecule has 86 valence electrons. The lowest BCUT2D eigenvalue weighted by Crippen LogP contribution is -2.29. The summed E-state index contributed by atoms with van der Waals surface area (Å²) in [4.78, 5) is 2.23. The van der Waals surface area contributed by atoms with Crippen molar-refractivity contribution in [2.45, 2.75) is 44.0 Å². The minimum Gasteiger partial charge on any atom is -0.354 e. The Kier molecular flexibility index (Phi) is 3.19. The van der Waals surface area contributed by atoms with Gasteiger partial charge in [0.1, 0.15) is 13.6 Å². The molecule has 0 aromatic rings. The van der Waals surface area contributed by atoms with Crippen LogP contribution in [-0.2, 0) is 0 Å². The van der Waals surface area contributed by atoms with Crippen LogP contribution in [0.25, 0.3) is 0 Å². The van der Waals surface area contributed by atoms with Crippen molar-refractivity contribution in [2.24, 2.45) is 0 Å². The molecule has 16 heavy (non-hydrogen) atoms. The molecular weight excluding hydrogens is 234 g/mol. The second-order valence-corrected chi connectivity index (χ2v) is 10.7. The molecule has 2 rings (SSSR count). The highest BCUT2D eigenvalue weighted by Crippen LogP contribution is 2.32. The first-order valence-electron chi connectivity index (χ1n) is 5.80. The molecule has 0 amide bonds. The van der Waals surface area contributed by atoms with E-state index in [9.17, 15) is 0 Å². The first-order valence-corrected chi connectivity index (χ1v) is 9.74. The van der Waals surface area contributed by atoms with E-state index < -0.39 is 8.07 Å². The minimum absolute atomic E-state index is 0.0185. The van der Waals surface area contributed by atoms with Crippen LogP contribution in [0.3, 0.4) is 0 Å². The Morgan fingerprint density at radius 1 is 1.38 bits per heavy atom. The fourth-order valence-corrected chi connectivity index (χ4v) is 2.38. The highest BCUT2D eigenvalue weighted by Gasteiger charge is 2.31. The molecule has 1 saturated carbocycles. The predicted octanol–water partition coefficient (Wildman–Crippen LogP) is 3.35. The smallest absolute Gasteiger partial charge is 0.129 e. The molecule has 0 aromatic carbocycles. The van der Waals surface area contributed by atoms with Crippen LogP contribution in [0.1, 0.15) is 12.8 Å². The van der Waals surface area contributed by atoms with E-state index in [2.05, 4.69) is 42.2 Å². The van der Waals surface area contributed by atoms with Crippen LogP contribution >= 0.6 is 11.6 Å². The molecule has 1 unspecified atom stereocenters. The highest BCUT2D eigenvalue weighted by molar-refractivity contribution is 6.83. The third-order valence-electron chi connectivity index (χ3n) is 2.56. The van der Waals surface area contributed by atoms with E-state index in [4.69, 9.17) is 11.6 Å². The molecular formula is C13H18ClNSi. The molecule has 1 fully saturated rings. The number of rotatable bonds is 1. The van der Waals surface area contributed by atoms with Crippen LogP contribution < -0.4 is 0 Å². The molecule has 0 bridgehead atoms. The predicted molar refractivity (Wildman–Crippen MR) is 72.8 cm³/mol. The van der Waals surface area contributed by atoms with E-state index in [0.717, 1.165) is 5.57 Å². The van der Waals surface area contributed by atoms with Gasteiger partial charge in [0.2, 0.25) is 0 Å². The van der Waals surface area contributed by atoms with Gasteiger partial charge < -0.3 is 4.90 Å². The lowest BCUT2D eigenvalue weighted by molar-refractivity contribution is 0.370. The molecule has 2 aliphatic rings. The first-order chi connectivity index (χ1) is 7.46. The Morgan fingerprint density at radius 2 is 2.06 bits per heavy atom. The van der Waals surface area contributed by atoms with Gasteiger partial charge in [-0.15, -0.1) is 5.54 Å². The van der Waals surface area contributed by atoms with E-state index in [-0.39, 0.29) is 5.50 Å². The van der Waals surface area contributed by atoms with Crippen molar-refractivity contribution in [3.8, 4) is 11.5 Å². The first kappa shape index (κ1) is 11.8. The van der Waals surface area contributed by atoms with Crippen molar-refractivity contribution in [3.05, 3.63) is 23.9 Å². The molecule has 3 heteroatoms. The number of halogens is 1. The van der Waals surface area contributed by atoms with Gasteiger partial charge in [0.25, 0.3) is 0 Å². The van der Waals surface area contributed by atoms with Gasteiger partial charge in [-0.25, -0.2) is 0 Å². The van der Waals surface area contributed by atoms with Crippen molar-refractivity contribution >= 4 is 19.7 Å². The lowest BCUT2D eigenvalue weighted by atomic mass is 10.2.